The van der Waals surface area contributed by atoms with Gasteiger partial charge in [-0.25, -0.2) is 0 Å². The Morgan fingerprint density at radius 2 is 1.36 bits per heavy atom. The maximum atomic E-state index is 12.9. The molecule has 132 valence electrons. The fourth-order valence-electron chi connectivity index (χ4n) is 2.69. The first kappa shape index (κ1) is 18.0. The summed E-state index contributed by atoms with van der Waals surface area (Å²) in [4.78, 5) is 0. The summed E-state index contributed by atoms with van der Waals surface area (Å²) in [5, 5.41) is 0. The van der Waals surface area contributed by atoms with E-state index < -0.39 is 30.1 Å². The molecule has 1 aliphatic rings. The fraction of sp³-hybridized carbons (Fsp3) is 0.368. The Morgan fingerprint density at radius 1 is 0.800 bits per heavy atom. The second-order valence-electron chi connectivity index (χ2n) is 7.29. The molecule has 1 saturated heterocycles. The lowest BCUT2D eigenvalue weighted by Gasteiger charge is -2.32. The third-order valence-electron chi connectivity index (χ3n) is 4.96. The summed E-state index contributed by atoms with van der Waals surface area (Å²) in [6.45, 7) is 7.90. The van der Waals surface area contributed by atoms with Gasteiger partial charge in [-0.15, -0.1) is 0 Å². The van der Waals surface area contributed by atoms with Crippen LogP contribution in [0.3, 0.4) is 0 Å². The Morgan fingerprint density at radius 3 is 1.88 bits per heavy atom. The lowest BCUT2D eigenvalue weighted by Crippen LogP contribution is -2.41. The average Bonchev–Trinajstić information content (AvgIpc) is 2.75. The number of hydrogen-bond donors (Lipinski definition) is 0. The lowest BCUT2D eigenvalue weighted by atomic mass is 9.78. The largest absolute Gasteiger partial charge is 0.494 e. The third kappa shape index (κ3) is 3.46. The lowest BCUT2D eigenvalue weighted by molar-refractivity contribution is -0.137. The molecule has 0 spiro atoms. The molecule has 0 aliphatic carbocycles. The van der Waals surface area contributed by atoms with Gasteiger partial charge in [-0.1, -0.05) is 36.4 Å². The number of rotatable bonds is 2. The summed E-state index contributed by atoms with van der Waals surface area (Å²) in [7, 11) is -0.486. The van der Waals surface area contributed by atoms with Crippen LogP contribution in [0.2, 0.25) is 0 Å². The summed E-state index contributed by atoms with van der Waals surface area (Å²) in [5.41, 5.74) is 0.561. The van der Waals surface area contributed by atoms with Gasteiger partial charge in [0.2, 0.25) is 0 Å². The van der Waals surface area contributed by atoms with Crippen molar-refractivity contribution in [2.45, 2.75) is 45.1 Å². The Labute approximate surface area is 146 Å². The van der Waals surface area contributed by atoms with E-state index in [2.05, 4.69) is 0 Å². The molecule has 0 atom stereocenters. The summed E-state index contributed by atoms with van der Waals surface area (Å²) < 4.78 is 50.6. The first-order chi connectivity index (χ1) is 11.5. The Hall–Kier alpha value is -1.79. The van der Waals surface area contributed by atoms with Gasteiger partial charge in [0.25, 0.3) is 0 Å². The van der Waals surface area contributed by atoms with Crippen molar-refractivity contribution >= 4 is 12.6 Å². The van der Waals surface area contributed by atoms with Crippen molar-refractivity contribution < 1.29 is 22.5 Å². The third-order valence-corrected chi connectivity index (χ3v) is 4.96. The van der Waals surface area contributed by atoms with Gasteiger partial charge in [0.15, 0.2) is 0 Å². The molecule has 25 heavy (non-hydrogen) atoms. The maximum Gasteiger partial charge on any atom is 0.494 e. The molecule has 1 fully saturated rings. The zero-order valence-corrected chi connectivity index (χ0v) is 14.6. The van der Waals surface area contributed by atoms with Crippen LogP contribution in [0.25, 0.3) is 11.1 Å². The van der Waals surface area contributed by atoms with Crippen LogP contribution in [0, 0.1) is 0 Å². The van der Waals surface area contributed by atoms with Crippen molar-refractivity contribution in [1.29, 1.82) is 0 Å². The molecule has 0 unspecified atom stereocenters. The highest BCUT2D eigenvalue weighted by Gasteiger charge is 2.51. The van der Waals surface area contributed by atoms with E-state index in [-0.39, 0.29) is 0 Å². The van der Waals surface area contributed by atoms with E-state index in [0.29, 0.717) is 11.1 Å². The molecule has 0 saturated carbocycles. The Bertz CT molecular complexity index is 751. The summed E-state index contributed by atoms with van der Waals surface area (Å²) in [6, 6.07) is 12.5. The van der Waals surface area contributed by atoms with Gasteiger partial charge >= 0.3 is 13.3 Å². The molecule has 0 N–H and O–H groups in total. The van der Waals surface area contributed by atoms with Gasteiger partial charge in [-0.2, -0.15) is 13.2 Å². The van der Waals surface area contributed by atoms with Crippen LogP contribution in [0.15, 0.2) is 48.5 Å². The highest BCUT2D eigenvalue weighted by Crippen LogP contribution is 2.36. The molecule has 1 aliphatic heterocycles. The van der Waals surface area contributed by atoms with Crippen LogP contribution in [0.4, 0.5) is 13.2 Å². The molecule has 0 amide bonds. The minimum absolute atomic E-state index is 0.433. The Kier molecular flexibility index (Phi) is 4.24. The minimum Gasteiger partial charge on any atom is -0.399 e. The molecule has 2 nitrogen and oxygen atoms in total. The van der Waals surface area contributed by atoms with Gasteiger partial charge in [0.1, 0.15) is 0 Å². The fourth-order valence-corrected chi connectivity index (χ4v) is 2.69. The topological polar surface area (TPSA) is 18.5 Å². The van der Waals surface area contributed by atoms with Crippen LogP contribution in [0.5, 0.6) is 0 Å². The quantitative estimate of drug-likeness (QED) is 0.735. The first-order valence-corrected chi connectivity index (χ1v) is 8.13. The van der Waals surface area contributed by atoms with Crippen molar-refractivity contribution in [3.8, 4) is 11.1 Å². The summed E-state index contributed by atoms with van der Waals surface area (Å²) in [6.07, 6.45) is -4.35. The Balaban J connectivity index is 1.85. The van der Waals surface area contributed by atoms with Crippen molar-refractivity contribution in [2.24, 2.45) is 0 Å². The van der Waals surface area contributed by atoms with Crippen LogP contribution < -0.4 is 5.46 Å². The smallest absolute Gasteiger partial charge is 0.399 e. The predicted molar refractivity (Wildman–Crippen MR) is 92.6 cm³/mol. The second kappa shape index (κ2) is 5.89. The van der Waals surface area contributed by atoms with Crippen molar-refractivity contribution in [3.63, 3.8) is 0 Å². The molecule has 0 bridgehead atoms. The molecule has 2 aromatic carbocycles. The van der Waals surface area contributed by atoms with Crippen molar-refractivity contribution in [1.82, 2.24) is 0 Å². The molecular formula is C19H20BF3O2. The number of hydrogen-bond acceptors (Lipinski definition) is 2. The predicted octanol–water partition coefficient (Wildman–Crippen LogP) is 4.67. The minimum atomic E-state index is -4.35. The van der Waals surface area contributed by atoms with Gasteiger partial charge in [0.05, 0.1) is 16.8 Å². The van der Waals surface area contributed by atoms with Crippen LogP contribution in [-0.4, -0.2) is 18.3 Å². The van der Waals surface area contributed by atoms with Crippen LogP contribution >= 0.6 is 0 Å². The van der Waals surface area contributed by atoms with Crippen LogP contribution in [0.1, 0.15) is 33.3 Å². The summed E-state index contributed by atoms with van der Waals surface area (Å²) >= 11 is 0. The average molecular weight is 348 g/mol. The van der Waals surface area contributed by atoms with E-state index in [1.165, 1.54) is 6.07 Å². The van der Waals surface area contributed by atoms with Crippen molar-refractivity contribution in [2.75, 3.05) is 0 Å². The molecule has 6 heteroatoms. The second-order valence-corrected chi connectivity index (χ2v) is 7.29. The van der Waals surface area contributed by atoms with E-state index in [1.807, 2.05) is 39.8 Å². The van der Waals surface area contributed by atoms with Crippen molar-refractivity contribution in [3.05, 3.63) is 54.1 Å². The summed E-state index contributed by atoms with van der Waals surface area (Å²) in [5.74, 6) is 0. The van der Waals surface area contributed by atoms with E-state index >= 15 is 0 Å². The highest BCUT2D eigenvalue weighted by atomic mass is 19.4. The first-order valence-electron chi connectivity index (χ1n) is 8.13. The molecule has 3 rings (SSSR count). The normalized spacial score (nSPS) is 19.2. The van der Waals surface area contributed by atoms with Gasteiger partial charge < -0.3 is 9.31 Å². The van der Waals surface area contributed by atoms with Gasteiger partial charge in [0, 0.05) is 0 Å². The van der Waals surface area contributed by atoms with E-state index in [0.717, 1.165) is 17.6 Å². The molecular weight excluding hydrogens is 328 g/mol. The zero-order valence-electron chi connectivity index (χ0n) is 14.6. The van der Waals surface area contributed by atoms with E-state index in [9.17, 15) is 13.2 Å². The monoisotopic (exact) mass is 348 g/mol. The number of benzene rings is 2. The van der Waals surface area contributed by atoms with E-state index in [1.54, 1.807) is 18.2 Å². The maximum absolute atomic E-state index is 12.9. The van der Waals surface area contributed by atoms with Gasteiger partial charge in [-0.3, -0.25) is 0 Å². The molecule has 0 aromatic heterocycles. The molecule has 1 heterocycles. The molecule has 0 radical (unpaired) electrons. The van der Waals surface area contributed by atoms with Crippen LogP contribution in [-0.2, 0) is 15.5 Å². The standard InChI is InChI=1S/C19H20BF3O2/c1-17(2)18(3,4)25-20(24-17)16-10-8-13(9-11-16)14-6-5-7-15(12-14)19(21,22)23/h5-12H,1-4H3. The van der Waals surface area contributed by atoms with E-state index in [4.69, 9.17) is 9.31 Å². The number of halogens is 3. The number of alkyl halides is 3. The SMILES string of the molecule is CC1(C)OB(c2ccc(-c3cccc(C(F)(F)F)c3)cc2)OC1(C)C. The molecule has 2 aromatic rings. The zero-order chi connectivity index (χ0) is 18.5. The van der Waals surface area contributed by atoms with Gasteiger partial charge in [-0.05, 0) is 56.4 Å². The highest BCUT2D eigenvalue weighted by molar-refractivity contribution is 6.62.